The number of benzene rings is 1. The SMILES string of the molecule is N[C@@H](Cc1ccccc1)C(=O)Nc1nc(-c2c[nH]c3ncccc23)cs1. The summed E-state index contributed by atoms with van der Waals surface area (Å²) in [7, 11) is 0. The molecule has 6 nitrogen and oxygen atoms in total. The van der Waals surface area contributed by atoms with Crippen molar-refractivity contribution in [3.05, 3.63) is 65.8 Å². The number of nitrogens with two attached hydrogens (primary N) is 1. The van der Waals surface area contributed by atoms with Crippen LogP contribution in [0.2, 0.25) is 0 Å². The van der Waals surface area contributed by atoms with Crippen molar-refractivity contribution in [3.8, 4) is 11.3 Å². The van der Waals surface area contributed by atoms with Gasteiger partial charge in [0.2, 0.25) is 5.91 Å². The van der Waals surface area contributed by atoms with E-state index in [0.29, 0.717) is 11.6 Å². The number of thiazole rings is 1. The van der Waals surface area contributed by atoms with E-state index in [1.807, 2.05) is 54.0 Å². The highest BCUT2D eigenvalue weighted by atomic mass is 32.1. The first-order chi connectivity index (χ1) is 12.7. The van der Waals surface area contributed by atoms with Crippen LogP contribution in [0, 0.1) is 0 Å². The average Bonchev–Trinajstić information content (AvgIpc) is 3.29. The second-order valence-electron chi connectivity index (χ2n) is 5.93. The van der Waals surface area contributed by atoms with Crippen LogP contribution >= 0.6 is 11.3 Å². The number of amides is 1. The number of aromatic amines is 1. The summed E-state index contributed by atoms with van der Waals surface area (Å²) in [6, 6.07) is 13.0. The van der Waals surface area contributed by atoms with E-state index in [2.05, 4.69) is 20.3 Å². The molecular formula is C19H17N5OS. The Hall–Kier alpha value is -3.03. The molecule has 0 bridgehead atoms. The van der Waals surface area contributed by atoms with Gasteiger partial charge < -0.3 is 16.0 Å². The molecule has 0 saturated heterocycles. The summed E-state index contributed by atoms with van der Waals surface area (Å²) in [6.45, 7) is 0. The predicted octanol–water partition coefficient (Wildman–Crippen LogP) is 3.19. The molecule has 0 aliphatic carbocycles. The lowest BCUT2D eigenvalue weighted by atomic mass is 10.1. The third-order valence-electron chi connectivity index (χ3n) is 4.10. The predicted molar refractivity (Wildman–Crippen MR) is 104 cm³/mol. The van der Waals surface area contributed by atoms with Crippen molar-refractivity contribution in [2.45, 2.75) is 12.5 Å². The highest BCUT2D eigenvalue weighted by Gasteiger charge is 2.17. The Morgan fingerprint density at radius 3 is 2.92 bits per heavy atom. The monoisotopic (exact) mass is 363 g/mol. The van der Waals surface area contributed by atoms with E-state index in [4.69, 9.17) is 5.73 Å². The van der Waals surface area contributed by atoms with Gasteiger partial charge in [0.05, 0.1) is 11.7 Å². The van der Waals surface area contributed by atoms with Gasteiger partial charge in [-0.3, -0.25) is 4.79 Å². The summed E-state index contributed by atoms with van der Waals surface area (Å²) in [5.41, 5.74) is 9.61. The number of carbonyl (C=O) groups excluding carboxylic acids is 1. The van der Waals surface area contributed by atoms with Crippen LogP contribution in [0.3, 0.4) is 0 Å². The molecule has 0 radical (unpaired) electrons. The fourth-order valence-corrected chi connectivity index (χ4v) is 3.50. The topological polar surface area (TPSA) is 96.7 Å². The minimum Gasteiger partial charge on any atom is -0.345 e. The number of nitrogens with one attached hydrogen (secondary N) is 2. The summed E-state index contributed by atoms with van der Waals surface area (Å²) in [5, 5.41) is 6.25. The molecule has 3 heterocycles. The average molecular weight is 363 g/mol. The van der Waals surface area contributed by atoms with E-state index in [1.54, 1.807) is 6.20 Å². The number of carbonyl (C=O) groups is 1. The number of fused-ring (bicyclic) bond motifs is 1. The molecular weight excluding hydrogens is 346 g/mol. The summed E-state index contributed by atoms with van der Waals surface area (Å²) >= 11 is 1.38. The lowest BCUT2D eigenvalue weighted by Gasteiger charge is -2.10. The number of rotatable bonds is 5. The Bertz CT molecular complexity index is 1040. The minimum atomic E-state index is -0.623. The van der Waals surface area contributed by atoms with Crippen LogP contribution in [0.5, 0.6) is 0 Å². The van der Waals surface area contributed by atoms with Crippen molar-refractivity contribution in [3.63, 3.8) is 0 Å². The van der Waals surface area contributed by atoms with Crippen molar-refractivity contribution in [2.75, 3.05) is 5.32 Å². The highest BCUT2D eigenvalue weighted by molar-refractivity contribution is 7.14. The normalized spacial score (nSPS) is 12.2. The first-order valence-electron chi connectivity index (χ1n) is 8.19. The Kier molecular flexibility index (Phi) is 4.47. The molecule has 1 amide bonds. The zero-order valence-electron chi connectivity index (χ0n) is 13.8. The number of anilines is 1. The van der Waals surface area contributed by atoms with E-state index in [1.165, 1.54) is 11.3 Å². The second kappa shape index (κ2) is 7.07. The molecule has 0 aliphatic rings. The van der Waals surface area contributed by atoms with Crippen LogP contribution in [0.1, 0.15) is 5.56 Å². The van der Waals surface area contributed by atoms with Crippen molar-refractivity contribution in [1.82, 2.24) is 15.0 Å². The van der Waals surface area contributed by atoms with Gasteiger partial charge in [-0.2, -0.15) is 0 Å². The Morgan fingerprint density at radius 2 is 2.08 bits per heavy atom. The van der Waals surface area contributed by atoms with Gasteiger partial charge in [-0.15, -0.1) is 11.3 Å². The molecule has 0 spiro atoms. The smallest absolute Gasteiger partial charge is 0.243 e. The van der Waals surface area contributed by atoms with Gasteiger partial charge in [-0.1, -0.05) is 30.3 Å². The van der Waals surface area contributed by atoms with Crippen LogP contribution in [0.15, 0.2) is 60.2 Å². The molecule has 1 aromatic carbocycles. The van der Waals surface area contributed by atoms with E-state index < -0.39 is 6.04 Å². The lowest BCUT2D eigenvalue weighted by molar-refractivity contribution is -0.117. The first kappa shape index (κ1) is 16.4. The van der Waals surface area contributed by atoms with Gasteiger partial charge in [-0.05, 0) is 24.1 Å². The lowest BCUT2D eigenvalue weighted by Crippen LogP contribution is -2.37. The number of H-pyrrole nitrogens is 1. The quantitative estimate of drug-likeness (QED) is 0.507. The van der Waals surface area contributed by atoms with E-state index in [0.717, 1.165) is 27.9 Å². The second-order valence-corrected chi connectivity index (χ2v) is 6.78. The van der Waals surface area contributed by atoms with Crippen LogP contribution < -0.4 is 11.1 Å². The number of hydrogen-bond donors (Lipinski definition) is 3. The molecule has 4 aromatic rings. The Labute approximate surface area is 154 Å². The molecule has 0 unspecified atom stereocenters. The van der Waals surface area contributed by atoms with Crippen molar-refractivity contribution in [1.29, 1.82) is 0 Å². The van der Waals surface area contributed by atoms with E-state index >= 15 is 0 Å². The maximum Gasteiger partial charge on any atom is 0.243 e. The zero-order chi connectivity index (χ0) is 17.9. The molecule has 4 N–H and O–H groups in total. The van der Waals surface area contributed by atoms with Crippen molar-refractivity contribution < 1.29 is 4.79 Å². The number of hydrogen-bond acceptors (Lipinski definition) is 5. The molecule has 0 saturated carbocycles. The van der Waals surface area contributed by atoms with Crippen LogP contribution in [-0.4, -0.2) is 26.9 Å². The van der Waals surface area contributed by atoms with E-state index in [-0.39, 0.29) is 5.91 Å². The summed E-state index contributed by atoms with van der Waals surface area (Å²) < 4.78 is 0. The summed E-state index contributed by atoms with van der Waals surface area (Å²) in [4.78, 5) is 24.3. The van der Waals surface area contributed by atoms with Crippen LogP contribution in [-0.2, 0) is 11.2 Å². The minimum absolute atomic E-state index is 0.240. The first-order valence-corrected chi connectivity index (χ1v) is 9.07. The van der Waals surface area contributed by atoms with Gasteiger partial charge in [0.15, 0.2) is 5.13 Å². The third kappa shape index (κ3) is 3.35. The largest absolute Gasteiger partial charge is 0.345 e. The Morgan fingerprint density at radius 1 is 1.23 bits per heavy atom. The number of nitrogens with zero attached hydrogens (tertiary/aromatic N) is 2. The van der Waals surface area contributed by atoms with Crippen molar-refractivity contribution in [2.24, 2.45) is 5.73 Å². The van der Waals surface area contributed by atoms with Gasteiger partial charge in [-0.25, -0.2) is 9.97 Å². The van der Waals surface area contributed by atoms with Gasteiger partial charge in [0.1, 0.15) is 5.65 Å². The van der Waals surface area contributed by atoms with Crippen molar-refractivity contribution >= 4 is 33.4 Å². The Balaban J connectivity index is 1.47. The standard InChI is InChI=1S/C19H17N5OS/c20-15(9-12-5-2-1-3-6-12)18(25)24-19-23-16(11-26-19)14-10-22-17-13(14)7-4-8-21-17/h1-8,10-11,15H,9,20H2,(H,21,22)(H,23,24,25)/t15-/m0/s1. The maximum absolute atomic E-state index is 12.3. The number of aromatic nitrogens is 3. The van der Waals surface area contributed by atoms with Gasteiger partial charge in [0.25, 0.3) is 0 Å². The molecule has 3 aromatic heterocycles. The fourth-order valence-electron chi connectivity index (χ4n) is 2.78. The van der Waals surface area contributed by atoms with Crippen LogP contribution in [0.4, 0.5) is 5.13 Å². The molecule has 0 fully saturated rings. The molecule has 130 valence electrons. The molecule has 26 heavy (non-hydrogen) atoms. The summed E-state index contributed by atoms with van der Waals surface area (Å²) in [5.74, 6) is -0.240. The summed E-state index contributed by atoms with van der Waals surface area (Å²) in [6.07, 6.45) is 4.10. The fraction of sp³-hybridized carbons (Fsp3) is 0.105. The number of pyridine rings is 1. The zero-order valence-corrected chi connectivity index (χ0v) is 14.7. The highest BCUT2D eigenvalue weighted by Crippen LogP contribution is 2.30. The maximum atomic E-state index is 12.3. The van der Waals surface area contributed by atoms with Crippen LogP contribution in [0.25, 0.3) is 22.3 Å². The van der Waals surface area contributed by atoms with Gasteiger partial charge in [0, 0.05) is 28.7 Å². The third-order valence-corrected chi connectivity index (χ3v) is 4.85. The molecule has 4 rings (SSSR count). The molecule has 1 atom stereocenters. The molecule has 0 aliphatic heterocycles. The molecule has 7 heteroatoms. The van der Waals surface area contributed by atoms with E-state index in [9.17, 15) is 4.79 Å². The van der Waals surface area contributed by atoms with Gasteiger partial charge >= 0.3 is 0 Å².